The van der Waals surface area contributed by atoms with Crippen LogP contribution in [0.2, 0.25) is 0 Å². The second-order valence-electron chi connectivity index (χ2n) is 6.36. The van der Waals surface area contributed by atoms with Gasteiger partial charge in [0.2, 0.25) is 0 Å². The SMILES string of the molecule is CCC(=O)O.COc1ccc(F)c(-c2ncc(CO)cc2OC2CCCCO2)c1. The van der Waals surface area contributed by atoms with E-state index in [4.69, 9.17) is 19.3 Å². The lowest BCUT2D eigenvalue weighted by Gasteiger charge is -2.24. The molecule has 7 nitrogen and oxygen atoms in total. The van der Waals surface area contributed by atoms with Crippen LogP contribution in [-0.2, 0) is 16.1 Å². The molecule has 1 aliphatic heterocycles. The Morgan fingerprint density at radius 3 is 2.69 bits per heavy atom. The standard InChI is InChI=1S/C18H20FNO4.C3H6O2/c1-22-13-5-6-15(19)14(9-13)18-16(8-12(11-21)10-20-18)24-17-4-2-3-7-23-17;1-2-3(4)5/h5-6,8-10,17,21H,2-4,7,11H2,1H3;2H2,1H3,(H,4,5). The number of aliphatic carboxylic acids is 1. The summed E-state index contributed by atoms with van der Waals surface area (Å²) in [6.45, 7) is 2.07. The molecule has 29 heavy (non-hydrogen) atoms. The molecule has 0 saturated carbocycles. The lowest BCUT2D eigenvalue weighted by atomic mass is 10.1. The van der Waals surface area contributed by atoms with Gasteiger partial charge in [0.15, 0.2) is 6.29 Å². The number of aliphatic hydroxyl groups is 1. The first-order chi connectivity index (χ1) is 14.0. The third-order valence-electron chi connectivity index (χ3n) is 4.22. The first-order valence-corrected chi connectivity index (χ1v) is 9.42. The van der Waals surface area contributed by atoms with Crippen LogP contribution in [0, 0.1) is 5.82 Å². The van der Waals surface area contributed by atoms with E-state index in [-0.39, 0.29) is 24.9 Å². The van der Waals surface area contributed by atoms with Crippen molar-refractivity contribution in [2.24, 2.45) is 0 Å². The van der Waals surface area contributed by atoms with E-state index in [0.29, 0.717) is 29.4 Å². The van der Waals surface area contributed by atoms with Crippen LogP contribution in [0.4, 0.5) is 4.39 Å². The second kappa shape index (κ2) is 11.3. The van der Waals surface area contributed by atoms with E-state index < -0.39 is 11.8 Å². The number of carboxylic acids is 1. The van der Waals surface area contributed by atoms with Crippen LogP contribution in [-0.4, -0.2) is 41.2 Å². The molecule has 0 radical (unpaired) electrons. The van der Waals surface area contributed by atoms with Crippen molar-refractivity contribution in [3.05, 3.63) is 41.8 Å². The Morgan fingerprint density at radius 1 is 1.34 bits per heavy atom. The molecule has 3 rings (SSSR count). The number of benzene rings is 1. The highest BCUT2D eigenvalue weighted by molar-refractivity contribution is 5.68. The molecule has 0 bridgehead atoms. The first kappa shape index (κ1) is 22.6. The molecule has 0 spiro atoms. The summed E-state index contributed by atoms with van der Waals surface area (Å²) in [7, 11) is 1.52. The molecule has 0 amide bonds. The van der Waals surface area contributed by atoms with Gasteiger partial charge in [-0.1, -0.05) is 6.92 Å². The number of aromatic nitrogens is 1. The van der Waals surface area contributed by atoms with Crippen molar-refractivity contribution < 1.29 is 33.6 Å². The summed E-state index contributed by atoms with van der Waals surface area (Å²) in [6, 6.07) is 6.12. The molecule has 1 aliphatic rings. The fraction of sp³-hybridized carbons (Fsp3) is 0.429. The highest BCUT2D eigenvalue weighted by Crippen LogP contribution is 2.34. The molecule has 2 aromatic rings. The van der Waals surface area contributed by atoms with Crippen LogP contribution >= 0.6 is 0 Å². The molecule has 1 aromatic carbocycles. The molecule has 1 saturated heterocycles. The maximum atomic E-state index is 14.3. The van der Waals surface area contributed by atoms with Crippen LogP contribution in [0.1, 0.15) is 38.2 Å². The zero-order valence-corrected chi connectivity index (χ0v) is 16.6. The van der Waals surface area contributed by atoms with Crippen molar-refractivity contribution in [3.63, 3.8) is 0 Å². The molecule has 1 atom stereocenters. The number of methoxy groups -OCH3 is 1. The quantitative estimate of drug-likeness (QED) is 0.752. The Labute approximate surface area is 169 Å². The van der Waals surface area contributed by atoms with E-state index in [1.165, 1.54) is 19.4 Å². The number of aliphatic hydroxyl groups excluding tert-OH is 1. The lowest BCUT2D eigenvalue weighted by Crippen LogP contribution is -2.25. The van der Waals surface area contributed by atoms with Gasteiger partial charge in [0.1, 0.15) is 23.0 Å². The van der Waals surface area contributed by atoms with E-state index in [0.717, 1.165) is 19.3 Å². The van der Waals surface area contributed by atoms with Gasteiger partial charge in [-0.2, -0.15) is 0 Å². The van der Waals surface area contributed by atoms with Gasteiger partial charge in [0, 0.05) is 24.6 Å². The highest BCUT2D eigenvalue weighted by Gasteiger charge is 2.20. The van der Waals surface area contributed by atoms with Crippen molar-refractivity contribution in [2.75, 3.05) is 13.7 Å². The predicted octanol–water partition coefficient (Wildman–Crippen LogP) is 3.78. The topological polar surface area (TPSA) is 98.1 Å². The number of nitrogens with zero attached hydrogens (tertiary/aromatic N) is 1. The fourth-order valence-corrected chi connectivity index (χ4v) is 2.62. The molecule has 8 heteroatoms. The first-order valence-electron chi connectivity index (χ1n) is 9.42. The Bertz CT molecular complexity index is 808. The van der Waals surface area contributed by atoms with Crippen LogP contribution in [0.5, 0.6) is 11.5 Å². The Kier molecular flexibility index (Phi) is 8.82. The summed E-state index contributed by atoms with van der Waals surface area (Å²) >= 11 is 0. The lowest BCUT2D eigenvalue weighted by molar-refractivity contribution is -0.136. The number of ether oxygens (including phenoxy) is 3. The summed E-state index contributed by atoms with van der Waals surface area (Å²) in [5.41, 5.74) is 1.23. The number of hydrogen-bond donors (Lipinski definition) is 2. The van der Waals surface area contributed by atoms with Gasteiger partial charge < -0.3 is 24.4 Å². The number of halogens is 1. The maximum Gasteiger partial charge on any atom is 0.303 e. The van der Waals surface area contributed by atoms with Gasteiger partial charge in [0.05, 0.1) is 20.3 Å². The summed E-state index contributed by atoms with van der Waals surface area (Å²) < 4.78 is 31.0. The number of hydrogen-bond acceptors (Lipinski definition) is 6. The molecule has 2 N–H and O–H groups in total. The number of pyridine rings is 1. The molecule has 0 aliphatic carbocycles. The average molecular weight is 407 g/mol. The molecule has 2 heterocycles. The van der Waals surface area contributed by atoms with Crippen LogP contribution in [0.25, 0.3) is 11.3 Å². The zero-order valence-electron chi connectivity index (χ0n) is 16.6. The van der Waals surface area contributed by atoms with E-state index in [9.17, 15) is 14.3 Å². The molecule has 1 aromatic heterocycles. The van der Waals surface area contributed by atoms with E-state index in [1.807, 2.05) is 0 Å². The number of carbonyl (C=O) groups is 1. The van der Waals surface area contributed by atoms with E-state index in [1.54, 1.807) is 25.1 Å². The smallest absolute Gasteiger partial charge is 0.303 e. The minimum absolute atomic E-state index is 0.171. The summed E-state index contributed by atoms with van der Waals surface area (Å²) in [5.74, 6) is -0.251. The zero-order chi connectivity index (χ0) is 21.2. The van der Waals surface area contributed by atoms with Crippen molar-refractivity contribution in [1.82, 2.24) is 4.98 Å². The summed E-state index contributed by atoms with van der Waals surface area (Å²) in [4.78, 5) is 13.7. The number of rotatable bonds is 6. The van der Waals surface area contributed by atoms with Crippen LogP contribution < -0.4 is 9.47 Å². The highest BCUT2D eigenvalue weighted by atomic mass is 19.1. The Hall–Kier alpha value is -2.71. The second-order valence-corrected chi connectivity index (χ2v) is 6.36. The van der Waals surface area contributed by atoms with Crippen molar-refractivity contribution in [3.8, 4) is 22.8 Å². The molecular formula is C21H26FNO6. The summed E-state index contributed by atoms with van der Waals surface area (Å²) in [5, 5.41) is 17.1. The normalized spacial score (nSPS) is 15.8. The molecule has 1 fully saturated rings. The third-order valence-corrected chi connectivity index (χ3v) is 4.22. The average Bonchev–Trinajstić information content (AvgIpc) is 2.75. The maximum absolute atomic E-state index is 14.3. The molecule has 158 valence electrons. The predicted molar refractivity (Wildman–Crippen MR) is 104 cm³/mol. The van der Waals surface area contributed by atoms with Gasteiger partial charge in [-0.3, -0.25) is 9.78 Å². The fourth-order valence-electron chi connectivity index (χ4n) is 2.62. The van der Waals surface area contributed by atoms with Gasteiger partial charge >= 0.3 is 5.97 Å². The van der Waals surface area contributed by atoms with E-state index in [2.05, 4.69) is 4.98 Å². The van der Waals surface area contributed by atoms with Gasteiger partial charge in [-0.25, -0.2) is 4.39 Å². The van der Waals surface area contributed by atoms with Crippen molar-refractivity contribution in [1.29, 1.82) is 0 Å². The molecular weight excluding hydrogens is 381 g/mol. The largest absolute Gasteiger partial charge is 0.497 e. The molecule has 1 unspecified atom stereocenters. The van der Waals surface area contributed by atoms with Crippen molar-refractivity contribution in [2.45, 2.75) is 45.5 Å². The monoisotopic (exact) mass is 407 g/mol. The third kappa shape index (κ3) is 6.69. The Morgan fingerprint density at radius 2 is 2.10 bits per heavy atom. The van der Waals surface area contributed by atoms with Crippen LogP contribution in [0.3, 0.4) is 0 Å². The van der Waals surface area contributed by atoms with E-state index >= 15 is 0 Å². The summed E-state index contributed by atoms with van der Waals surface area (Å²) in [6.07, 6.45) is 4.13. The Balaban J connectivity index is 0.000000537. The minimum Gasteiger partial charge on any atom is -0.497 e. The van der Waals surface area contributed by atoms with Gasteiger partial charge in [0.25, 0.3) is 0 Å². The van der Waals surface area contributed by atoms with Crippen molar-refractivity contribution >= 4 is 5.97 Å². The van der Waals surface area contributed by atoms with Crippen LogP contribution in [0.15, 0.2) is 30.5 Å². The van der Waals surface area contributed by atoms with Gasteiger partial charge in [-0.15, -0.1) is 0 Å². The number of carboxylic acid groups (broad SMARTS) is 1. The van der Waals surface area contributed by atoms with Gasteiger partial charge in [-0.05, 0) is 42.7 Å². The minimum atomic E-state index is -0.745.